The van der Waals surface area contributed by atoms with Crippen LogP contribution in [-0.2, 0) is 6.54 Å². The summed E-state index contributed by atoms with van der Waals surface area (Å²) in [5, 5.41) is 3.90. The van der Waals surface area contributed by atoms with E-state index in [4.69, 9.17) is 21.1 Å². The third-order valence-electron chi connectivity index (χ3n) is 2.92. The van der Waals surface area contributed by atoms with Crippen LogP contribution in [0.1, 0.15) is 12.5 Å². The van der Waals surface area contributed by atoms with Crippen LogP contribution in [0.15, 0.2) is 40.9 Å². The molecule has 0 atom stereocenters. The van der Waals surface area contributed by atoms with Crippen molar-refractivity contribution in [3.8, 4) is 11.5 Å². The molecule has 0 amide bonds. The molecule has 0 saturated carbocycles. The molecule has 21 heavy (non-hydrogen) atoms. The fourth-order valence-electron chi connectivity index (χ4n) is 1.93. The predicted octanol–water partition coefficient (Wildman–Crippen LogP) is 5.12. The number of halogens is 2. The predicted molar refractivity (Wildman–Crippen MR) is 90.6 cm³/mol. The fourth-order valence-corrected chi connectivity index (χ4v) is 2.48. The zero-order chi connectivity index (χ0) is 15.2. The molecule has 0 aromatic heterocycles. The normalized spacial score (nSPS) is 10.3. The monoisotopic (exact) mass is 369 g/mol. The van der Waals surface area contributed by atoms with E-state index < -0.39 is 0 Å². The molecule has 0 aliphatic carbocycles. The van der Waals surface area contributed by atoms with E-state index in [-0.39, 0.29) is 0 Å². The Hall–Kier alpha value is -1.39. The van der Waals surface area contributed by atoms with Gasteiger partial charge in [0.1, 0.15) is 0 Å². The summed E-state index contributed by atoms with van der Waals surface area (Å²) in [7, 11) is 1.61. The lowest BCUT2D eigenvalue weighted by molar-refractivity contribution is 0.311. The van der Waals surface area contributed by atoms with Gasteiger partial charge in [-0.1, -0.05) is 27.5 Å². The standard InChI is InChI=1S/C16H17BrClNO2/c1-3-21-16-14(18)8-11(9-15(16)20-2)10-19-13-6-4-12(17)5-7-13/h4-9,19H,3,10H2,1-2H3. The highest BCUT2D eigenvalue weighted by Crippen LogP contribution is 2.36. The minimum absolute atomic E-state index is 0.548. The second-order valence-corrected chi connectivity index (χ2v) is 5.73. The van der Waals surface area contributed by atoms with Gasteiger partial charge in [-0.15, -0.1) is 0 Å². The molecule has 0 heterocycles. The Morgan fingerprint density at radius 2 is 1.90 bits per heavy atom. The summed E-state index contributed by atoms with van der Waals surface area (Å²) in [4.78, 5) is 0. The van der Waals surface area contributed by atoms with Crippen molar-refractivity contribution in [2.75, 3.05) is 19.0 Å². The van der Waals surface area contributed by atoms with Crippen molar-refractivity contribution in [1.29, 1.82) is 0 Å². The van der Waals surface area contributed by atoms with E-state index in [0.717, 1.165) is 15.7 Å². The van der Waals surface area contributed by atoms with Crippen molar-refractivity contribution in [2.24, 2.45) is 0 Å². The number of nitrogens with one attached hydrogen (secondary N) is 1. The number of hydrogen-bond acceptors (Lipinski definition) is 3. The van der Waals surface area contributed by atoms with Gasteiger partial charge in [-0.25, -0.2) is 0 Å². The minimum atomic E-state index is 0.548. The second-order valence-electron chi connectivity index (χ2n) is 4.40. The molecule has 0 fully saturated rings. The summed E-state index contributed by atoms with van der Waals surface area (Å²) in [6, 6.07) is 11.8. The Morgan fingerprint density at radius 1 is 1.19 bits per heavy atom. The van der Waals surface area contributed by atoms with Crippen molar-refractivity contribution >= 4 is 33.2 Å². The van der Waals surface area contributed by atoms with Gasteiger partial charge in [0.2, 0.25) is 0 Å². The van der Waals surface area contributed by atoms with Crippen LogP contribution in [-0.4, -0.2) is 13.7 Å². The van der Waals surface area contributed by atoms with Crippen molar-refractivity contribution < 1.29 is 9.47 Å². The first-order valence-electron chi connectivity index (χ1n) is 6.62. The first kappa shape index (κ1) is 16.0. The molecule has 112 valence electrons. The number of benzene rings is 2. The highest BCUT2D eigenvalue weighted by molar-refractivity contribution is 9.10. The summed E-state index contributed by atoms with van der Waals surface area (Å²) < 4.78 is 11.9. The van der Waals surface area contributed by atoms with Gasteiger partial charge in [-0.05, 0) is 48.9 Å². The molecule has 2 aromatic rings. The number of anilines is 1. The van der Waals surface area contributed by atoms with E-state index in [9.17, 15) is 0 Å². The summed E-state index contributed by atoms with van der Waals surface area (Å²) in [5.41, 5.74) is 2.07. The lowest BCUT2D eigenvalue weighted by Crippen LogP contribution is -2.02. The molecule has 0 aliphatic heterocycles. The van der Waals surface area contributed by atoms with Crippen molar-refractivity contribution in [1.82, 2.24) is 0 Å². The van der Waals surface area contributed by atoms with Gasteiger partial charge in [-0.2, -0.15) is 0 Å². The largest absolute Gasteiger partial charge is 0.493 e. The average molecular weight is 371 g/mol. The number of rotatable bonds is 6. The molecular formula is C16H17BrClNO2. The van der Waals surface area contributed by atoms with Gasteiger partial charge in [0.15, 0.2) is 11.5 Å². The summed E-state index contributed by atoms with van der Waals surface area (Å²) in [6.45, 7) is 3.12. The molecule has 0 aliphatic rings. The smallest absolute Gasteiger partial charge is 0.179 e. The summed E-state index contributed by atoms with van der Waals surface area (Å²) in [6.07, 6.45) is 0. The SMILES string of the molecule is CCOc1c(Cl)cc(CNc2ccc(Br)cc2)cc1OC. The molecule has 3 nitrogen and oxygen atoms in total. The average Bonchev–Trinajstić information content (AvgIpc) is 2.49. The van der Waals surface area contributed by atoms with Gasteiger partial charge >= 0.3 is 0 Å². The number of methoxy groups -OCH3 is 1. The van der Waals surface area contributed by atoms with E-state index in [1.165, 1.54) is 0 Å². The van der Waals surface area contributed by atoms with Gasteiger partial charge in [0, 0.05) is 16.7 Å². The van der Waals surface area contributed by atoms with E-state index >= 15 is 0 Å². The van der Waals surface area contributed by atoms with Gasteiger partial charge < -0.3 is 14.8 Å². The first-order chi connectivity index (χ1) is 10.1. The summed E-state index contributed by atoms with van der Waals surface area (Å²) in [5.74, 6) is 1.24. The Balaban J connectivity index is 2.13. The molecule has 0 bridgehead atoms. The lowest BCUT2D eigenvalue weighted by Gasteiger charge is -2.14. The molecule has 1 N–H and O–H groups in total. The molecule has 5 heteroatoms. The van der Waals surface area contributed by atoms with Gasteiger partial charge in [0.05, 0.1) is 18.7 Å². The van der Waals surface area contributed by atoms with Crippen LogP contribution in [0.5, 0.6) is 11.5 Å². The third kappa shape index (κ3) is 4.29. The van der Waals surface area contributed by atoms with Gasteiger partial charge in [-0.3, -0.25) is 0 Å². The maximum Gasteiger partial charge on any atom is 0.179 e. The fraction of sp³-hybridized carbons (Fsp3) is 0.250. The maximum absolute atomic E-state index is 6.26. The van der Waals surface area contributed by atoms with E-state index in [0.29, 0.717) is 29.7 Å². The summed E-state index contributed by atoms with van der Waals surface area (Å²) >= 11 is 9.67. The van der Waals surface area contributed by atoms with Crippen LogP contribution in [0.3, 0.4) is 0 Å². The highest BCUT2D eigenvalue weighted by Gasteiger charge is 2.11. The van der Waals surface area contributed by atoms with Crippen molar-refractivity contribution in [3.05, 3.63) is 51.5 Å². The lowest BCUT2D eigenvalue weighted by atomic mass is 10.2. The van der Waals surface area contributed by atoms with Crippen LogP contribution in [0.25, 0.3) is 0 Å². The zero-order valence-electron chi connectivity index (χ0n) is 12.0. The Labute approximate surface area is 138 Å². The Kier molecular flexibility index (Phi) is 5.76. The van der Waals surface area contributed by atoms with E-state index in [1.807, 2.05) is 43.3 Å². The van der Waals surface area contributed by atoms with Crippen LogP contribution in [0, 0.1) is 0 Å². The van der Waals surface area contributed by atoms with E-state index in [2.05, 4.69) is 21.2 Å². The maximum atomic E-state index is 6.26. The second kappa shape index (κ2) is 7.57. The zero-order valence-corrected chi connectivity index (χ0v) is 14.3. The topological polar surface area (TPSA) is 30.5 Å². The van der Waals surface area contributed by atoms with Crippen molar-refractivity contribution in [2.45, 2.75) is 13.5 Å². The molecule has 2 aromatic carbocycles. The van der Waals surface area contributed by atoms with Gasteiger partial charge in [0.25, 0.3) is 0 Å². The molecule has 0 radical (unpaired) electrons. The van der Waals surface area contributed by atoms with Crippen LogP contribution in [0.2, 0.25) is 5.02 Å². The molecule has 0 unspecified atom stereocenters. The van der Waals surface area contributed by atoms with Crippen LogP contribution in [0.4, 0.5) is 5.69 Å². The Bertz CT molecular complexity index is 602. The quantitative estimate of drug-likeness (QED) is 0.765. The minimum Gasteiger partial charge on any atom is -0.493 e. The molecule has 0 saturated heterocycles. The first-order valence-corrected chi connectivity index (χ1v) is 7.79. The molecule has 0 spiro atoms. The van der Waals surface area contributed by atoms with E-state index in [1.54, 1.807) is 7.11 Å². The number of hydrogen-bond donors (Lipinski definition) is 1. The highest BCUT2D eigenvalue weighted by atomic mass is 79.9. The number of ether oxygens (including phenoxy) is 2. The van der Waals surface area contributed by atoms with Crippen molar-refractivity contribution in [3.63, 3.8) is 0 Å². The Morgan fingerprint density at radius 3 is 2.52 bits per heavy atom. The third-order valence-corrected chi connectivity index (χ3v) is 3.73. The van der Waals surface area contributed by atoms with Crippen LogP contribution < -0.4 is 14.8 Å². The molecular weight excluding hydrogens is 354 g/mol. The molecule has 2 rings (SSSR count). The van der Waals surface area contributed by atoms with Crippen LogP contribution >= 0.6 is 27.5 Å².